The van der Waals surface area contributed by atoms with Gasteiger partial charge in [0, 0.05) is 23.4 Å². The van der Waals surface area contributed by atoms with Crippen LogP contribution in [-0.4, -0.2) is 37.7 Å². The molecule has 0 fully saturated rings. The van der Waals surface area contributed by atoms with Gasteiger partial charge in [-0.2, -0.15) is 10.2 Å². The van der Waals surface area contributed by atoms with Crippen molar-refractivity contribution in [3.8, 4) is 17.9 Å². The minimum absolute atomic E-state index is 0.362. The van der Waals surface area contributed by atoms with Crippen molar-refractivity contribution in [1.29, 1.82) is 5.26 Å². The zero-order chi connectivity index (χ0) is 23.2. The van der Waals surface area contributed by atoms with Gasteiger partial charge in [-0.05, 0) is 39.0 Å². The minimum atomic E-state index is -0.772. The van der Waals surface area contributed by atoms with E-state index in [1.165, 1.54) is 12.3 Å². The standard InChI is InChI=1S/C24H20FN7O/c1-15-29-30-23-28-22(18-11-17(25)12-27-21(18)32(15)23)31-9-10-33-13-19-16(5-4-6-20(19)31)7-8-24(2,3)14-26/h4-6,11-12H,9-10,13H2,1-3H3. The molecule has 0 amide bonds. The summed E-state index contributed by atoms with van der Waals surface area (Å²) in [5, 5.41) is 18.1. The van der Waals surface area contributed by atoms with Gasteiger partial charge in [0.25, 0.3) is 5.78 Å². The Morgan fingerprint density at radius 3 is 2.91 bits per heavy atom. The number of nitriles is 1. The molecular formula is C24H20FN7O. The van der Waals surface area contributed by atoms with Crippen LogP contribution >= 0.6 is 0 Å². The van der Waals surface area contributed by atoms with Gasteiger partial charge < -0.3 is 9.64 Å². The fourth-order valence-electron chi connectivity index (χ4n) is 3.83. The first-order valence-electron chi connectivity index (χ1n) is 10.5. The van der Waals surface area contributed by atoms with Crippen molar-refractivity contribution in [2.45, 2.75) is 27.4 Å². The molecule has 5 rings (SSSR count). The van der Waals surface area contributed by atoms with Gasteiger partial charge >= 0.3 is 0 Å². The van der Waals surface area contributed by atoms with E-state index in [0.29, 0.717) is 48.2 Å². The molecule has 0 unspecified atom stereocenters. The van der Waals surface area contributed by atoms with Gasteiger partial charge in [0.2, 0.25) is 0 Å². The van der Waals surface area contributed by atoms with Crippen LogP contribution in [0.1, 0.15) is 30.8 Å². The van der Waals surface area contributed by atoms with Gasteiger partial charge in [0.15, 0.2) is 5.65 Å². The Hall–Kier alpha value is -4.08. The van der Waals surface area contributed by atoms with Gasteiger partial charge in [-0.25, -0.2) is 13.8 Å². The second-order valence-electron chi connectivity index (χ2n) is 8.34. The Labute approximate surface area is 189 Å². The lowest BCUT2D eigenvalue weighted by molar-refractivity contribution is 0.133. The number of hydrogen-bond donors (Lipinski definition) is 0. The van der Waals surface area contributed by atoms with Crippen LogP contribution in [0.25, 0.3) is 16.8 Å². The lowest BCUT2D eigenvalue weighted by Gasteiger charge is -2.25. The normalized spacial score (nSPS) is 13.8. The second-order valence-corrected chi connectivity index (χ2v) is 8.34. The van der Waals surface area contributed by atoms with Crippen LogP contribution in [0.4, 0.5) is 15.9 Å². The molecule has 1 aromatic carbocycles. The summed E-state index contributed by atoms with van der Waals surface area (Å²) in [5.41, 5.74) is 2.26. The second kappa shape index (κ2) is 7.80. The number of nitrogens with zero attached hydrogens (tertiary/aromatic N) is 7. The maximum Gasteiger partial charge on any atom is 0.258 e. The van der Waals surface area contributed by atoms with E-state index < -0.39 is 11.2 Å². The summed E-state index contributed by atoms with van der Waals surface area (Å²) in [6.07, 6.45) is 1.18. The lowest BCUT2D eigenvalue weighted by atomic mass is 9.95. The summed E-state index contributed by atoms with van der Waals surface area (Å²) >= 11 is 0. The minimum Gasteiger partial charge on any atom is -0.375 e. The topological polar surface area (TPSA) is 92.2 Å². The molecule has 4 heterocycles. The Morgan fingerprint density at radius 2 is 2.09 bits per heavy atom. The molecule has 3 aromatic heterocycles. The first kappa shape index (κ1) is 20.8. The van der Waals surface area contributed by atoms with Crippen LogP contribution in [0.15, 0.2) is 30.5 Å². The third-order valence-corrected chi connectivity index (χ3v) is 5.49. The van der Waals surface area contributed by atoms with E-state index in [1.54, 1.807) is 25.2 Å². The molecule has 1 aliphatic heterocycles. The number of aryl methyl sites for hydroxylation is 1. The molecule has 0 radical (unpaired) electrons. The van der Waals surface area contributed by atoms with E-state index in [2.05, 4.69) is 33.1 Å². The fraction of sp³-hybridized carbons (Fsp3) is 0.292. The zero-order valence-corrected chi connectivity index (χ0v) is 18.4. The number of anilines is 2. The van der Waals surface area contributed by atoms with E-state index in [9.17, 15) is 9.65 Å². The van der Waals surface area contributed by atoms with Gasteiger partial charge in [-0.3, -0.25) is 0 Å². The lowest BCUT2D eigenvalue weighted by Crippen LogP contribution is -2.23. The summed E-state index contributed by atoms with van der Waals surface area (Å²) in [6, 6.07) is 9.40. The van der Waals surface area contributed by atoms with Crippen molar-refractivity contribution in [2.24, 2.45) is 5.41 Å². The largest absolute Gasteiger partial charge is 0.375 e. The van der Waals surface area contributed by atoms with E-state index in [0.717, 1.165) is 16.8 Å². The summed E-state index contributed by atoms with van der Waals surface area (Å²) in [6.45, 7) is 6.65. The number of halogens is 1. The molecular weight excluding hydrogens is 421 g/mol. The molecule has 8 nitrogen and oxygen atoms in total. The van der Waals surface area contributed by atoms with Gasteiger partial charge in [0.05, 0.1) is 30.9 Å². The molecule has 1 aliphatic rings. The fourth-order valence-corrected chi connectivity index (χ4v) is 3.83. The molecule has 0 saturated heterocycles. The molecule has 9 heteroatoms. The molecule has 0 bridgehead atoms. The van der Waals surface area contributed by atoms with Crippen LogP contribution in [0.2, 0.25) is 0 Å². The molecule has 33 heavy (non-hydrogen) atoms. The van der Waals surface area contributed by atoms with Crippen molar-refractivity contribution in [1.82, 2.24) is 24.6 Å². The highest BCUT2D eigenvalue weighted by molar-refractivity contribution is 5.92. The summed E-state index contributed by atoms with van der Waals surface area (Å²) in [5.74, 6) is 7.24. The summed E-state index contributed by atoms with van der Waals surface area (Å²) in [4.78, 5) is 11.0. The Morgan fingerprint density at radius 1 is 1.24 bits per heavy atom. The number of pyridine rings is 1. The average molecular weight is 441 g/mol. The van der Waals surface area contributed by atoms with E-state index in [1.807, 2.05) is 23.1 Å². The quantitative estimate of drug-likeness (QED) is 0.416. The highest BCUT2D eigenvalue weighted by Gasteiger charge is 2.24. The third kappa shape index (κ3) is 3.63. The van der Waals surface area contributed by atoms with E-state index >= 15 is 0 Å². The van der Waals surface area contributed by atoms with Crippen LogP contribution in [0, 0.1) is 41.3 Å². The van der Waals surface area contributed by atoms with E-state index in [4.69, 9.17) is 9.72 Å². The van der Waals surface area contributed by atoms with Crippen LogP contribution in [-0.2, 0) is 11.3 Å². The predicted octanol–water partition coefficient (Wildman–Crippen LogP) is 3.69. The number of ether oxygens (including phenoxy) is 1. The number of rotatable bonds is 1. The molecule has 0 spiro atoms. The highest BCUT2D eigenvalue weighted by atomic mass is 19.1. The monoisotopic (exact) mass is 441 g/mol. The Kier molecular flexibility index (Phi) is 4.92. The smallest absolute Gasteiger partial charge is 0.258 e. The maximum atomic E-state index is 14.3. The van der Waals surface area contributed by atoms with Crippen molar-refractivity contribution >= 4 is 28.3 Å². The van der Waals surface area contributed by atoms with E-state index in [-0.39, 0.29) is 0 Å². The molecule has 0 N–H and O–H groups in total. The molecule has 164 valence electrons. The number of fused-ring (bicyclic) bond motifs is 4. The van der Waals surface area contributed by atoms with Gasteiger partial charge in [-0.15, -0.1) is 10.2 Å². The highest BCUT2D eigenvalue weighted by Crippen LogP contribution is 2.36. The van der Waals surface area contributed by atoms with Crippen molar-refractivity contribution in [2.75, 3.05) is 18.1 Å². The Balaban J connectivity index is 1.75. The summed E-state index contributed by atoms with van der Waals surface area (Å²) in [7, 11) is 0. The first-order valence-corrected chi connectivity index (χ1v) is 10.5. The third-order valence-electron chi connectivity index (χ3n) is 5.49. The molecule has 0 aliphatic carbocycles. The van der Waals surface area contributed by atoms with Crippen molar-refractivity contribution < 1.29 is 9.13 Å². The van der Waals surface area contributed by atoms with Crippen molar-refractivity contribution in [3.63, 3.8) is 0 Å². The van der Waals surface area contributed by atoms with Crippen LogP contribution < -0.4 is 4.90 Å². The van der Waals surface area contributed by atoms with Crippen LogP contribution in [0.5, 0.6) is 0 Å². The summed E-state index contributed by atoms with van der Waals surface area (Å²) < 4.78 is 21.9. The first-order chi connectivity index (χ1) is 15.9. The predicted molar refractivity (Wildman–Crippen MR) is 120 cm³/mol. The average Bonchev–Trinajstić information content (AvgIpc) is 3.04. The number of hydrogen-bond acceptors (Lipinski definition) is 7. The zero-order valence-electron chi connectivity index (χ0n) is 18.4. The van der Waals surface area contributed by atoms with Crippen LogP contribution in [0.3, 0.4) is 0 Å². The molecule has 4 aromatic rings. The number of benzene rings is 1. The number of aromatic nitrogens is 5. The SMILES string of the molecule is Cc1nnc2nc(N3CCOCc4c(C#CC(C)(C)C#N)cccc43)c3cc(F)cnc3n12. The van der Waals surface area contributed by atoms with Crippen molar-refractivity contribution in [3.05, 3.63) is 53.2 Å². The Bertz CT molecular complexity index is 1510. The van der Waals surface area contributed by atoms with Gasteiger partial charge in [-0.1, -0.05) is 17.9 Å². The van der Waals surface area contributed by atoms with Gasteiger partial charge in [0.1, 0.15) is 22.9 Å². The molecule has 0 saturated carbocycles. The maximum absolute atomic E-state index is 14.3. The molecule has 0 atom stereocenters.